The molecule has 0 saturated heterocycles. The Hall–Kier alpha value is -4.11. The zero-order valence-electron chi connectivity index (χ0n) is 25.3. The number of halogens is 2. The first kappa shape index (κ1) is 32.3. The van der Waals surface area contributed by atoms with Gasteiger partial charge < -0.3 is 24.5 Å². The molecule has 0 aliphatic heterocycles. The van der Waals surface area contributed by atoms with Crippen LogP contribution >= 0.6 is 23.2 Å². The Balaban J connectivity index is 1.64. The predicted molar refractivity (Wildman–Crippen MR) is 178 cm³/mol. The molecule has 234 valence electrons. The fraction of sp³-hybridized carbons (Fsp3) is 0.286. The van der Waals surface area contributed by atoms with E-state index in [-0.39, 0.29) is 42.2 Å². The average Bonchev–Trinajstić information content (AvgIpc) is 3.06. The number of benzene rings is 2. The van der Waals surface area contributed by atoms with Gasteiger partial charge in [-0.3, -0.25) is 14.6 Å². The molecule has 0 spiro atoms. The van der Waals surface area contributed by atoms with Crippen molar-refractivity contribution in [3.8, 4) is 22.6 Å². The Morgan fingerprint density at radius 2 is 1.84 bits per heavy atom. The van der Waals surface area contributed by atoms with Gasteiger partial charge in [0.15, 0.2) is 0 Å². The lowest BCUT2D eigenvalue weighted by molar-refractivity contribution is 0.0937. The number of allylic oxidation sites excluding steroid dienone is 4. The second-order valence-corrected chi connectivity index (χ2v) is 12.1. The fourth-order valence-corrected chi connectivity index (χ4v) is 6.16. The number of nitrogens with zero attached hydrogens (tertiary/aromatic N) is 2. The van der Waals surface area contributed by atoms with E-state index in [4.69, 9.17) is 32.7 Å². The molecular weight excluding hydrogens is 613 g/mol. The zero-order chi connectivity index (χ0) is 32.1. The Bertz CT molecular complexity index is 1830. The lowest BCUT2D eigenvalue weighted by Gasteiger charge is -2.35. The van der Waals surface area contributed by atoms with Gasteiger partial charge in [0.05, 0.1) is 24.3 Å². The summed E-state index contributed by atoms with van der Waals surface area (Å²) < 4.78 is 12.3. The number of pyridine rings is 2. The minimum Gasteiger partial charge on any atom is -0.497 e. The first-order valence-corrected chi connectivity index (χ1v) is 15.4. The van der Waals surface area contributed by atoms with E-state index in [0.29, 0.717) is 44.5 Å². The molecule has 0 bridgehead atoms. The lowest BCUT2D eigenvalue weighted by atomic mass is 9.71. The molecule has 2 heterocycles. The molecule has 2 N–H and O–H groups in total. The van der Waals surface area contributed by atoms with Crippen LogP contribution in [0.3, 0.4) is 0 Å². The van der Waals surface area contributed by atoms with E-state index in [0.717, 1.165) is 12.0 Å². The number of carbonyl (C=O) groups is 1. The van der Waals surface area contributed by atoms with Gasteiger partial charge in [-0.2, -0.15) is 0 Å². The van der Waals surface area contributed by atoms with Gasteiger partial charge in [-0.15, -0.1) is 0 Å². The number of rotatable bonds is 11. The molecule has 5 rings (SSSR count). The molecular formula is C35H35Cl2N3O5. The minimum atomic E-state index is -0.465. The smallest absolute Gasteiger partial charge is 0.277 e. The Morgan fingerprint density at radius 1 is 1.09 bits per heavy atom. The van der Waals surface area contributed by atoms with Crippen molar-refractivity contribution in [2.24, 2.45) is 11.3 Å². The first-order valence-electron chi connectivity index (χ1n) is 14.6. The second-order valence-electron chi connectivity index (χ2n) is 11.3. The molecule has 2 aromatic carbocycles. The van der Waals surface area contributed by atoms with Crippen LogP contribution in [0.5, 0.6) is 11.5 Å². The summed E-state index contributed by atoms with van der Waals surface area (Å²) in [6.07, 6.45) is 10.9. The number of fused-ring (bicyclic) bond motifs is 1. The molecule has 2 aromatic heterocycles. The summed E-state index contributed by atoms with van der Waals surface area (Å²) in [6, 6.07) is 14.0. The van der Waals surface area contributed by atoms with Crippen molar-refractivity contribution in [2.45, 2.75) is 32.9 Å². The van der Waals surface area contributed by atoms with Crippen LogP contribution in [0.25, 0.3) is 22.0 Å². The summed E-state index contributed by atoms with van der Waals surface area (Å²) in [4.78, 5) is 32.8. The lowest BCUT2D eigenvalue weighted by Crippen LogP contribution is -2.36. The molecule has 45 heavy (non-hydrogen) atoms. The van der Waals surface area contributed by atoms with Gasteiger partial charge in [0, 0.05) is 42.9 Å². The number of methoxy groups -OCH3 is 2. The number of hydrogen-bond acceptors (Lipinski definition) is 6. The topological polar surface area (TPSA) is 103 Å². The molecule has 0 fully saturated rings. The number of carbonyl (C=O) groups excluding carboxylic acids is 1. The normalized spacial score (nSPS) is 16.5. The van der Waals surface area contributed by atoms with Crippen LogP contribution < -0.4 is 20.3 Å². The zero-order valence-corrected chi connectivity index (χ0v) is 26.9. The molecule has 1 amide bonds. The molecule has 2 unspecified atom stereocenters. The Labute approximate surface area is 271 Å². The third-order valence-electron chi connectivity index (χ3n) is 8.46. The third kappa shape index (κ3) is 6.78. The van der Waals surface area contributed by atoms with Gasteiger partial charge in [0.2, 0.25) is 0 Å². The highest BCUT2D eigenvalue weighted by atomic mass is 35.5. The molecule has 2 atom stereocenters. The van der Waals surface area contributed by atoms with Crippen molar-refractivity contribution in [1.29, 1.82) is 0 Å². The molecule has 1 aliphatic rings. The average molecular weight is 649 g/mol. The number of ether oxygens (including phenoxy) is 2. The maximum Gasteiger partial charge on any atom is 0.277 e. The van der Waals surface area contributed by atoms with E-state index in [1.54, 1.807) is 68.9 Å². The van der Waals surface area contributed by atoms with E-state index < -0.39 is 11.5 Å². The number of amides is 1. The van der Waals surface area contributed by atoms with Crippen molar-refractivity contribution < 1.29 is 19.4 Å². The van der Waals surface area contributed by atoms with Crippen LogP contribution in [0, 0.1) is 11.3 Å². The van der Waals surface area contributed by atoms with Gasteiger partial charge in [0.1, 0.15) is 22.7 Å². The Morgan fingerprint density at radius 3 is 2.49 bits per heavy atom. The summed E-state index contributed by atoms with van der Waals surface area (Å²) in [5, 5.41) is 14.6. The van der Waals surface area contributed by atoms with Gasteiger partial charge in [0.25, 0.3) is 11.5 Å². The summed E-state index contributed by atoms with van der Waals surface area (Å²) in [5.41, 5.74) is 1.54. The largest absolute Gasteiger partial charge is 0.497 e. The molecule has 1 aliphatic carbocycles. The van der Waals surface area contributed by atoms with E-state index >= 15 is 0 Å². The number of aromatic nitrogens is 2. The van der Waals surface area contributed by atoms with Crippen LogP contribution in [0.4, 0.5) is 0 Å². The summed E-state index contributed by atoms with van der Waals surface area (Å²) >= 11 is 12.7. The third-order valence-corrected chi connectivity index (χ3v) is 9.19. The van der Waals surface area contributed by atoms with E-state index in [1.807, 2.05) is 12.2 Å². The minimum absolute atomic E-state index is 0.0753. The van der Waals surface area contributed by atoms with Crippen LogP contribution in [-0.4, -0.2) is 41.4 Å². The van der Waals surface area contributed by atoms with E-state index in [1.165, 1.54) is 4.57 Å². The van der Waals surface area contributed by atoms with Crippen molar-refractivity contribution >= 4 is 40.0 Å². The number of nitrogens with one attached hydrogen (secondary N) is 1. The summed E-state index contributed by atoms with van der Waals surface area (Å²) in [7, 11) is 3.11. The Kier molecular flexibility index (Phi) is 9.97. The van der Waals surface area contributed by atoms with E-state index in [2.05, 4.69) is 29.4 Å². The van der Waals surface area contributed by atoms with Crippen molar-refractivity contribution in [3.63, 3.8) is 0 Å². The van der Waals surface area contributed by atoms with Gasteiger partial charge in [-0.05, 0) is 65.6 Å². The van der Waals surface area contributed by atoms with Gasteiger partial charge in [-0.1, -0.05) is 66.6 Å². The first-order chi connectivity index (χ1) is 21.7. The number of aliphatic hydroxyl groups is 1. The van der Waals surface area contributed by atoms with Gasteiger partial charge >= 0.3 is 0 Å². The summed E-state index contributed by atoms with van der Waals surface area (Å²) in [5.74, 6) is 0.532. The quantitative estimate of drug-likeness (QED) is 0.185. The second kappa shape index (κ2) is 13.9. The van der Waals surface area contributed by atoms with Crippen LogP contribution in [0.2, 0.25) is 10.0 Å². The monoisotopic (exact) mass is 647 g/mol. The highest BCUT2D eigenvalue weighted by Crippen LogP contribution is 2.39. The molecule has 0 radical (unpaired) electrons. The molecule has 8 nitrogen and oxygen atoms in total. The van der Waals surface area contributed by atoms with Crippen LogP contribution in [0.15, 0.2) is 83.8 Å². The van der Waals surface area contributed by atoms with Crippen molar-refractivity contribution in [1.82, 2.24) is 14.9 Å². The maximum absolute atomic E-state index is 14.3. The highest BCUT2D eigenvalue weighted by molar-refractivity contribution is 6.42. The predicted octanol–water partition coefficient (Wildman–Crippen LogP) is 6.84. The summed E-state index contributed by atoms with van der Waals surface area (Å²) in [6.45, 7) is 2.33. The molecule has 10 heteroatoms. The van der Waals surface area contributed by atoms with Crippen LogP contribution in [-0.2, 0) is 13.1 Å². The maximum atomic E-state index is 14.3. The SMILES string of the molecule is COc1cc(CNC(=O)c2c(-c3ccc(Cl)c(Cl)c3)c3cccnc3c(=O)n2CCC(CO)C2(C)C=CC=CC2)cc(OC)c1. The number of hydrogen-bond donors (Lipinski definition) is 2. The molecule has 4 aromatic rings. The highest BCUT2D eigenvalue weighted by Gasteiger charge is 2.32. The van der Waals surface area contributed by atoms with E-state index in [9.17, 15) is 14.7 Å². The van der Waals surface area contributed by atoms with Crippen LogP contribution in [0.1, 0.15) is 35.8 Å². The molecule has 0 saturated carbocycles. The number of aliphatic hydroxyl groups excluding tert-OH is 1. The van der Waals surface area contributed by atoms with Gasteiger partial charge in [-0.25, -0.2) is 0 Å². The van der Waals surface area contributed by atoms with Crippen molar-refractivity contribution in [2.75, 3.05) is 20.8 Å². The fourth-order valence-electron chi connectivity index (χ4n) is 5.86. The van der Waals surface area contributed by atoms with Crippen molar-refractivity contribution in [3.05, 3.63) is 111 Å². The standard InChI is InChI=1S/C35H35Cl2N3O5/c1-35(12-5-4-6-13-35)24(21-41)11-15-40-32(33(42)39-20-22-16-25(44-2)19-26(17-22)45-3)30(23-9-10-28(36)29(37)18-23)27-8-7-14-38-31(27)34(40)43/h4-10,12,14,16-19,24,41H,11,13,15,20-21H2,1-3H3,(H,39,42).